The average molecular weight is 495 g/mol. The summed E-state index contributed by atoms with van der Waals surface area (Å²) in [4.78, 5) is 0.892. The van der Waals surface area contributed by atoms with Crippen LogP contribution in [0.15, 0.2) is 24.3 Å². The Labute approximate surface area is 210 Å². The maximum Gasteiger partial charge on any atom is 0.0974 e. The van der Waals surface area contributed by atoms with Crippen LogP contribution in [0.25, 0.3) is 0 Å². The minimum atomic E-state index is -0.330. The molecule has 0 saturated heterocycles. The van der Waals surface area contributed by atoms with E-state index in [4.69, 9.17) is 12.2 Å². The summed E-state index contributed by atoms with van der Waals surface area (Å²) in [5.41, 5.74) is 5.45. The van der Waals surface area contributed by atoms with Gasteiger partial charge in [0.15, 0.2) is 0 Å². The van der Waals surface area contributed by atoms with Gasteiger partial charge in [-0.05, 0) is 37.0 Å². The first-order valence-corrected chi connectivity index (χ1v) is 11.4. The van der Waals surface area contributed by atoms with Crippen LogP contribution in [0.4, 0.5) is 5.69 Å². The molecule has 0 saturated carbocycles. The van der Waals surface area contributed by atoms with E-state index < -0.39 is 0 Å². The number of rotatable bonds is 14. The van der Waals surface area contributed by atoms with E-state index in [1.54, 1.807) is 0 Å². The number of nitrogens with zero attached hydrogens (tertiary/aromatic N) is 1. The van der Waals surface area contributed by atoms with Gasteiger partial charge in [-0.2, -0.15) is 6.42 Å². The van der Waals surface area contributed by atoms with Gasteiger partial charge >= 0.3 is 0 Å². The summed E-state index contributed by atoms with van der Waals surface area (Å²) < 4.78 is 0. The molecule has 0 spiro atoms. The molecule has 0 amide bonds. The van der Waals surface area contributed by atoms with E-state index in [1.165, 1.54) is 25.7 Å². The van der Waals surface area contributed by atoms with E-state index in [1.807, 2.05) is 5.01 Å². The number of hydrogen-bond donors (Lipinski definition) is 2. The molecule has 5 heteroatoms. The van der Waals surface area contributed by atoms with Gasteiger partial charge in [0.05, 0.1) is 16.8 Å². The SMILES string of the molecule is [CH2-]CCCCCNN(C(=S)CC)c1ccc(C(C)(C)C(O)CCCCC)cc1.[Y]. The molecule has 1 aromatic carbocycles. The Morgan fingerprint density at radius 1 is 1.10 bits per heavy atom. The second-order valence-corrected chi connectivity index (χ2v) is 8.66. The molecular weight excluding hydrogens is 453 g/mol. The Morgan fingerprint density at radius 2 is 1.76 bits per heavy atom. The fourth-order valence-electron chi connectivity index (χ4n) is 3.33. The van der Waals surface area contributed by atoms with Gasteiger partial charge in [0, 0.05) is 44.7 Å². The van der Waals surface area contributed by atoms with Gasteiger partial charge in [-0.1, -0.05) is 84.1 Å². The molecule has 1 aromatic rings. The van der Waals surface area contributed by atoms with Crippen molar-refractivity contribution in [3.8, 4) is 0 Å². The molecule has 0 aliphatic rings. The summed E-state index contributed by atoms with van der Waals surface area (Å²) >= 11 is 5.58. The number of thiocarbonyl (C=S) groups is 1. The van der Waals surface area contributed by atoms with E-state index >= 15 is 0 Å². The molecule has 163 valence electrons. The zero-order chi connectivity index (χ0) is 21.0. The zero-order valence-corrected chi connectivity index (χ0v) is 22.7. The third-order valence-electron chi connectivity index (χ3n) is 5.53. The van der Waals surface area contributed by atoms with Crippen LogP contribution >= 0.6 is 12.2 Å². The van der Waals surface area contributed by atoms with Crippen LogP contribution in [0.1, 0.15) is 91.0 Å². The van der Waals surface area contributed by atoms with Crippen LogP contribution < -0.4 is 10.4 Å². The molecule has 0 heterocycles. The molecule has 1 unspecified atom stereocenters. The van der Waals surface area contributed by atoms with E-state index in [-0.39, 0.29) is 44.2 Å². The van der Waals surface area contributed by atoms with E-state index in [2.05, 4.69) is 64.3 Å². The predicted molar refractivity (Wildman–Crippen MR) is 127 cm³/mol. The molecule has 0 bridgehead atoms. The van der Waals surface area contributed by atoms with Gasteiger partial charge in [-0.15, -0.1) is 0 Å². The van der Waals surface area contributed by atoms with Crippen molar-refractivity contribution < 1.29 is 37.8 Å². The van der Waals surface area contributed by atoms with Crippen molar-refractivity contribution >= 4 is 22.9 Å². The Kier molecular flexibility index (Phi) is 15.9. The van der Waals surface area contributed by atoms with Crippen molar-refractivity contribution in [2.75, 3.05) is 11.6 Å². The van der Waals surface area contributed by atoms with Crippen LogP contribution in [0.2, 0.25) is 0 Å². The fourth-order valence-corrected chi connectivity index (χ4v) is 3.50. The molecule has 1 atom stereocenters. The third-order valence-corrected chi connectivity index (χ3v) is 6.00. The molecule has 29 heavy (non-hydrogen) atoms. The van der Waals surface area contributed by atoms with Crippen molar-refractivity contribution in [2.24, 2.45) is 0 Å². The second kappa shape index (κ2) is 15.9. The Hall–Kier alpha value is 0.134. The molecule has 0 aliphatic carbocycles. The van der Waals surface area contributed by atoms with Gasteiger partial charge in [-0.25, -0.2) is 5.43 Å². The summed E-state index contributed by atoms with van der Waals surface area (Å²) in [6.07, 6.45) is 9.25. The van der Waals surface area contributed by atoms with Gasteiger partial charge in [0.1, 0.15) is 0 Å². The Bertz CT molecular complexity index is 563. The first-order chi connectivity index (χ1) is 13.4. The smallest absolute Gasteiger partial charge is 0.0974 e. The number of nitrogens with one attached hydrogen (secondary N) is 1. The van der Waals surface area contributed by atoms with Crippen molar-refractivity contribution in [2.45, 2.75) is 97.0 Å². The number of aliphatic hydroxyl groups is 1. The third kappa shape index (κ3) is 9.86. The first kappa shape index (κ1) is 29.1. The number of anilines is 1. The maximum atomic E-state index is 10.7. The van der Waals surface area contributed by atoms with Crippen LogP contribution in [-0.2, 0) is 38.1 Å². The number of unbranched alkanes of at least 4 members (excludes halogenated alkanes) is 5. The minimum absolute atomic E-state index is 0. The van der Waals surface area contributed by atoms with Crippen LogP contribution in [0, 0.1) is 6.92 Å². The summed E-state index contributed by atoms with van der Waals surface area (Å²) in [6, 6.07) is 8.49. The molecule has 3 nitrogen and oxygen atoms in total. The Morgan fingerprint density at radius 3 is 2.31 bits per heavy atom. The summed E-state index contributed by atoms with van der Waals surface area (Å²) in [5, 5.41) is 12.7. The summed E-state index contributed by atoms with van der Waals surface area (Å²) in [6.45, 7) is 13.4. The van der Waals surface area contributed by atoms with Crippen molar-refractivity contribution in [3.63, 3.8) is 0 Å². The minimum Gasteiger partial charge on any atom is -0.392 e. The van der Waals surface area contributed by atoms with Crippen molar-refractivity contribution in [1.29, 1.82) is 0 Å². The number of hydrogen-bond acceptors (Lipinski definition) is 3. The average Bonchev–Trinajstić information content (AvgIpc) is 2.70. The largest absolute Gasteiger partial charge is 0.392 e. The van der Waals surface area contributed by atoms with Crippen LogP contribution in [-0.4, -0.2) is 22.7 Å². The molecular formula is C24H41N2OSY-. The molecule has 0 aliphatic heterocycles. The van der Waals surface area contributed by atoms with Gasteiger partial charge in [0.25, 0.3) is 0 Å². The van der Waals surface area contributed by atoms with E-state index in [0.29, 0.717) is 0 Å². The van der Waals surface area contributed by atoms with E-state index in [9.17, 15) is 5.11 Å². The monoisotopic (exact) mass is 494 g/mol. The number of benzene rings is 1. The van der Waals surface area contributed by atoms with E-state index in [0.717, 1.165) is 54.9 Å². The van der Waals surface area contributed by atoms with Crippen LogP contribution in [0.5, 0.6) is 0 Å². The second-order valence-electron chi connectivity index (χ2n) is 8.19. The molecule has 0 aromatic heterocycles. The standard InChI is InChI=1S/C24H41N2OS.Y/c1-6-9-11-13-19-25-26(23(28)8-3)21-17-15-20(16-18-21)24(4,5)22(27)14-12-10-7-2;/h15-18,22,25,27H,1,6-14,19H2,2-5H3;/q-1;. The Balaban J connectivity index is 0.00000784. The van der Waals surface area contributed by atoms with Gasteiger partial charge in [0.2, 0.25) is 0 Å². The first-order valence-electron chi connectivity index (χ1n) is 11.0. The topological polar surface area (TPSA) is 35.5 Å². The molecule has 2 N–H and O–H groups in total. The summed E-state index contributed by atoms with van der Waals surface area (Å²) in [7, 11) is 0. The molecule has 1 radical (unpaired) electrons. The van der Waals surface area contributed by atoms with Gasteiger partial charge < -0.3 is 12.0 Å². The zero-order valence-electron chi connectivity index (χ0n) is 19.0. The summed E-state index contributed by atoms with van der Waals surface area (Å²) in [5.74, 6) is 0. The van der Waals surface area contributed by atoms with Gasteiger partial charge in [-0.3, -0.25) is 5.01 Å². The van der Waals surface area contributed by atoms with Crippen LogP contribution in [0.3, 0.4) is 0 Å². The fraction of sp³-hybridized carbons (Fsp3) is 0.667. The molecule has 1 rings (SSSR count). The number of aliphatic hydroxyl groups excluding tert-OH is 1. The maximum absolute atomic E-state index is 10.7. The normalized spacial score (nSPS) is 12.3. The quantitative estimate of drug-likeness (QED) is 0.137. The van der Waals surface area contributed by atoms with Crippen molar-refractivity contribution in [1.82, 2.24) is 5.43 Å². The molecule has 0 fully saturated rings. The van der Waals surface area contributed by atoms with Crippen molar-refractivity contribution in [3.05, 3.63) is 36.8 Å². The predicted octanol–water partition coefficient (Wildman–Crippen LogP) is 6.35. The number of hydrazine groups is 1.